The summed E-state index contributed by atoms with van der Waals surface area (Å²) in [5.41, 5.74) is 0.226. The highest BCUT2D eigenvalue weighted by Gasteiger charge is 2.40. The van der Waals surface area contributed by atoms with Gasteiger partial charge >= 0.3 is 0 Å². The maximum atomic E-state index is 9.03. The van der Waals surface area contributed by atoms with Gasteiger partial charge < -0.3 is 9.84 Å². The van der Waals surface area contributed by atoms with Gasteiger partial charge in [-0.2, -0.15) is 0 Å². The summed E-state index contributed by atoms with van der Waals surface area (Å²) in [5.74, 6) is 0. The fourth-order valence-corrected chi connectivity index (χ4v) is 4.35. The molecule has 1 saturated carbocycles. The first-order chi connectivity index (χ1) is 9.81. The molecule has 0 aromatic heterocycles. The van der Waals surface area contributed by atoms with Crippen LogP contribution in [-0.4, -0.2) is 72.5 Å². The van der Waals surface area contributed by atoms with Gasteiger partial charge in [-0.25, -0.2) is 0 Å². The fraction of sp³-hybridized carbons (Fsp3) is 1.00. The van der Waals surface area contributed by atoms with E-state index in [-0.39, 0.29) is 5.60 Å². The second-order valence-electron chi connectivity index (χ2n) is 6.84. The second-order valence-corrected chi connectivity index (χ2v) is 6.84. The molecule has 2 aliphatic heterocycles. The molecule has 0 bridgehead atoms. The number of piperazine rings is 1. The quantitative estimate of drug-likeness (QED) is 0.850. The Labute approximate surface area is 123 Å². The van der Waals surface area contributed by atoms with E-state index < -0.39 is 0 Å². The van der Waals surface area contributed by atoms with Crippen LogP contribution >= 0.6 is 0 Å². The van der Waals surface area contributed by atoms with Crippen molar-refractivity contribution in [3.63, 3.8) is 0 Å². The average Bonchev–Trinajstić information content (AvgIpc) is 2.49. The van der Waals surface area contributed by atoms with E-state index in [0.29, 0.717) is 6.61 Å². The van der Waals surface area contributed by atoms with Crippen LogP contribution in [0.4, 0.5) is 0 Å². The summed E-state index contributed by atoms with van der Waals surface area (Å²) >= 11 is 0. The van der Waals surface area contributed by atoms with Gasteiger partial charge in [0.2, 0.25) is 0 Å². The monoisotopic (exact) mass is 282 g/mol. The van der Waals surface area contributed by atoms with E-state index >= 15 is 0 Å². The van der Waals surface area contributed by atoms with Crippen molar-refractivity contribution in [1.82, 2.24) is 9.80 Å². The molecule has 0 aromatic carbocycles. The lowest BCUT2D eigenvalue weighted by molar-refractivity contribution is -0.127. The molecule has 116 valence electrons. The Morgan fingerprint density at radius 3 is 2.50 bits per heavy atom. The molecule has 1 aliphatic carbocycles. The van der Waals surface area contributed by atoms with Gasteiger partial charge in [0.1, 0.15) is 0 Å². The van der Waals surface area contributed by atoms with Gasteiger partial charge in [-0.3, -0.25) is 9.80 Å². The molecule has 3 rings (SSSR count). The van der Waals surface area contributed by atoms with Crippen LogP contribution in [0, 0.1) is 0 Å². The van der Waals surface area contributed by atoms with Crippen LogP contribution in [0.15, 0.2) is 0 Å². The zero-order valence-electron chi connectivity index (χ0n) is 12.7. The topological polar surface area (TPSA) is 35.9 Å². The molecule has 2 heterocycles. The Morgan fingerprint density at radius 2 is 1.80 bits per heavy atom. The highest BCUT2D eigenvalue weighted by atomic mass is 16.5. The first-order valence-electron chi connectivity index (χ1n) is 8.53. The molecule has 0 radical (unpaired) electrons. The van der Waals surface area contributed by atoms with E-state index in [1.165, 1.54) is 58.0 Å². The largest absolute Gasteiger partial charge is 0.395 e. The van der Waals surface area contributed by atoms with Gasteiger partial charge in [0.15, 0.2) is 0 Å². The van der Waals surface area contributed by atoms with Crippen molar-refractivity contribution < 1.29 is 9.84 Å². The maximum absolute atomic E-state index is 9.03. The molecule has 1 atom stereocenters. The molecule has 3 fully saturated rings. The van der Waals surface area contributed by atoms with Gasteiger partial charge in [-0.05, 0) is 25.7 Å². The van der Waals surface area contributed by atoms with Crippen molar-refractivity contribution in [2.24, 2.45) is 0 Å². The zero-order chi connectivity index (χ0) is 13.8. The van der Waals surface area contributed by atoms with Crippen LogP contribution in [0.1, 0.15) is 44.9 Å². The zero-order valence-corrected chi connectivity index (χ0v) is 12.7. The summed E-state index contributed by atoms with van der Waals surface area (Å²) in [5, 5.41) is 9.03. The smallest absolute Gasteiger partial charge is 0.0697 e. The lowest BCUT2D eigenvalue weighted by Gasteiger charge is -2.48. The molecule has 1 N–H and O–H groups in total. The maximum Gasteiger partial charge on any atom is 0.0697 e. The van der Waals surface area contributed by atoms with E-state index in [1.807, 2.05) is 0 Å². The standard InChI is InChI=1S/C16H30N2O2/c19-12-11-17-7-9-18(10-8-17)15-4-13-20-16(14-15)5-2-1-3-6-16/h15,19H,1-14H2. The fourth-order valence-electron chi connectivity index (χ4n) is 4.35. The first kappa shape index (κ1) is 14.8. The average molecular weight is 282 g/mol. The Hall–Kier alpha value is -0.160. The molecule has 4 heteroatoms. The highest BCUT2D eigenvalue weighted by molar-refractivity contribution is 4.93. The number of hydrogen-bond acceptors (Lipinski definition) is 4. The highest BCUT2D eigenvalue weighted by Crippen LogP contribution is 2.39. The number of rotatable bonds is 3. The number of aliphatic hydroxyl groups excluding tert-OH is 1. The van der Waals surface area contributed by atoms with Crippen molar-refractivity contribution in [3.8, 4) is 0 Å². The van der Waals surface area contributed by atoms with Crippen LogP contribution in [0.2, 0.25) is 0 Å². The van der Waals surface area contributed by atoms with Crippen molar-refractivity contribution in [3.05, 3.63) is 0 Å². The first-order valence-corrected chi connectivity index (χ1v) is 8.53. The number of ether oxygens (including phenoxy) is 1. The third-order valence-corrected chi connectivity index (χ3v) is 5.57. The molecule has 3 aliphatic rings. The van der Waals surface area contributed by atoms with E-state index in [1.54, 1.807) is 0 Å². The van der Waals surface area contributed by atoms with E-state index in [2.05, 4.69) is 9.80 Å². The van der Waals surface area contributed by atoms with Crippen LogP contribution in [0.3, 0.4) is 0 Å². The minimum atomic E-state index is 0.226. The van der Waals surface area contributed by atoms with E-state index in [0.717, 1.165) is 32.3 Å². The van der Waals surface area contributed by atoms with Crippen molar-refractivity contribution >= 4 is 0 Å². The molecular weight excluding hydrogens is 252 g/mol. The summed E-state index contributed by atoms with van der Waals surface area (Å²) in [6.45, 7) is 6.66. The third kappa shape index (κ3) is 3.35. The molecule has 1 unspecified atom stereocenters. The van der Waals surface area contributed by atoms with Crippen molar-refractivity contribution in [2.75, 3.05) is 45.9 Å². The molecule has 2 saturated heterocycles. The van der Waals surface area contributed by atoms with Crippen LogP contribution in [0.5, 0.6) is 0 Å². The van der Waals surface area contributed by atoms with Crippen LogP contribution < -0.4 is 0 Å². The number of aliphatic hydroxyl groups is 1. The molecule has 4 nitrogen and oxygen atoms in total. The van der Waals surface area contributed by atoms with Gasteiger partial charge in [0, 0.05) is 45.4 Å². The lowest BCUT2D eigenvalue weighted by Crippen LogP contribution is -2.55. The molecule has 0 aromatic rings. The predicted octanol–water partition coefficient (Wildman–Crippen LogP) is 1.48. The SMILES string of the molecule is OCCN1CCN(C2CCOC3(CCCCC3)C2)CC1. The summed E-state index contributed by atoms with van der Waals surface area (Å²) in [6, 6.07) is 0.734. The van der Waals surface area contributed by atoms with Crippen molar-refractivity contribution in [2.45, 2.75) is 56.6 Å². The van der Waals surface area contributed by atoms with Gasteiger partial charge in [0.05, 0.1) is 12.2 Å². The Morgan fingerprint density at radius 1 is 1.05 bits per heavy atom. The normalized spacial score (nSPS) is 32.5. The summed E-state index contributed by atoms with van der Waals surface area (Å²) < 4.78 is 6.22. The Balaban J connectivity index is 1.52. The third-order valence-electron chi connectivity index (χ3n) is 5.57. The number of β-amino-alcohol motifs (C(OH)–C–C–N with tert-alkyl or cyclic N) is 1. The van der Waals surface area contributed by atoms with Crippen molar-refractivity contribution in [1.29, 1.82) is 0 Å². The molecule has 20 heavy (non-hydrogen) atoms. The number of hydrogen-bond donors (Lipinski definition) is 1. The van der Waals surface area contributed by atoms with Gasteiger partial charge in [0.25, 0.3) is 0 Å². The summed E-state index contributed by atoms with van der Waals surface area (Å²) in [4.78, 5) is 5.07. The molecule has 1 spiro atoms. The predicted molar refractivity (Wildman–Crippen MR) is 79.9 cm³/mol. The van der Waals surface area contributed by atoms with E-state index in [4.69, 9.17) is 9.84 Å². The van der Waals surface area contributed by atoms with Crippen LogP contribution in [0.25, 0.3) is 0 Å². The minimum absolute atomic E-state index is 0.226. The summed E-state index contributed by atoms with van der Waals surface area (Å²) in [7, 11) is 0. The Kier molecular flexibility index (Phi) is 4.97. The van der Waals surface area contributed by atoms with Gasteiger partial charge in [-0.1, -0.05) is 19.3 Å². The summed E-state index contributed by atoms with van der Waals surface area (Å²) in [6.07, 6.45) is 9.15. The second kappa shape index (κ2) is 6.73. The van der Waals surface area contributed by atoms with Crippen LogP contribution in [-0.2, 0) is 4.74 Å². The molecular formula is C16H30N2O2. The van der Waals surface area contributed by atoms with E-state index in [9.17, 15) is 0 Å². The number of nitrogens with zero attached hydrogens (tertiary/aromatic N) is 2. The van der Waals surface area contributed by atoms with Gasteiger partial charge in [-0.15, -0.1) is 0 Å². The Bertz CT molecular complexity index is 291. The molecule has 0 amide bonds. The minimum Gasteiger partial charge on any atom is -0.395 e. The lowest BCUT2D eigenvalue weighted by atomic mass is 9.78.